The molecular formula is C16H20N2O4. The number of urea groups is 1. The quantitative estimate of drug-likeness (QED) is 0.785. The van der Waals surface area contributed by atoms with Gasteiger partial charge in [0.15, 0.2) is 0 Å². The highest BCUT2D eigenvalue weighted by molar-refractivity contribution is 5.87. The third-order valence-corrected chi connectivity index (χ3v) is 4.75. The zero-order valence-corrected chi connectivity index (χ0v) is 12.2. The number of carbonyl (C=O) groups is 2. The Hall–Kier alpha value is -2.08. The number of carbonyl (C=O) groups excluding carboxylic acids is 1. The van der Waals surface area contributed by atoms with Crippen LogP contribution in [0.25, 0.3) is 0 Å². The average Bonchev–Trinajstić information content (AvgIpc) is 3.08. The first-order valence-electron chi connectivity index (χ1n) is 7.57. The van der Waals surface area contributed by atoms with Gasteiger partial charge in [-0.1, -0.05) is 12.1 Å². The van der Waals surface area contributed by atoms with Crippen LogP contribution in [0.4, 0.5) is 4.79 Å². The summed E-state index contributed by atoms with van der Waals surface area (Å²) in [5.74, 6) is -0.311. The van der Waals surface area contributed by atoms with Crippen LogP contribution < -0.4 is 5.32 Å². The maximum Gasteiger partial charge on any atom is 0.335 e. The molecule has 0 bridgehead atoms. The van der Waals surface area contributed by atoms with E-state index in [9.17, 15) is 14.7 Å². The van der Waals surface area contributed by atoms with E-state index in [1.165, 1.54) is 12.1 Å². The molecule has 3 unspecified atom stereocenters. The second-order valence-corrected chi connectivity index (χ2v) is 6.13. The topological polar surface area (TPSA) is 89.9 Å². The van der Waals surface area contributed by atoms with Gasteiger partial charge in [0.2, 0.25) is 0 Å². The first-order chi connectivity index (χ1) is 10.5. The van der Waals surface area contributed by atoms with Gasteiger partial charge < -0.3 is 20.4 Å². The van der Waals surface area contributed by atoms with Crippen LogP contribution in [0.15, 0.2) is 24.3 Å². The smallest absolute Gasteiger partial charge is 0.335 e. The molecule has 3 N–H and O–H groups in total. The van der Waals surface area contributed by atoms with Crippen LogP contribution in [0.5, 0.6) is 0 Å². The van der Waals surface area contributed by atoms with Crippen molar-refractivity contribution >= 4 is 12.0 Å². The molecule has 0 aromatic heterocycles. The maximum atomic E-state index is 12.2. The summed E-state index contributed by atoms with van der Waals surface area (Å²) < 4.78 is 0. The van der Waals surface area contributed by atoms with E-state index in [0.29, 0.717) is 25.6 Å². The fourth-order valence-corrected chi connectivity index (χ4v) is 3.46. The van der Waals surface area contributed by atoms with E-state index < -0.39 is 5.97 Å². The normalized spacial score (nSPS) is 26.8. The number of aliphatic hydroxyl groups excluding tert-OH is 1. The molecule has 1 heterocycles. The Balaban J connectivity index is 1.51. The van der Waals surface area contributed by atoms with E-state index in [1.54, 1.807) is 17.0 Å². The Kier molecular flexibility index (Phi) is 4.02. The summed E-state index contributed by atoms with van der Waals surface area (Å²) in [4.78, 5) is 24.7. The molecule has 0 spiro atoms. The minimum atomic E-state index is -0.960. The number of rotatable bonds is 3. The van der Waals surface area contributed by atoms with Gasteiger partial charge in [0.05, 0.1) is 11.7 Å². The summed E-state index contributed by atoms with van der Waals surface area (Å²) in [5.41, 5.74) is 1.09. The molecule has 2 amide bonds. The Morgan fingerprint density at radius 2 is 1.91 bits per heavy atom. The third-order valence-electron chi connectivity index (χ3n) is 4.75. The highest BCUT2D eigenvalue weighted by Crippen LogP contribution is 2.37. The number of fused-ring (bicyclic) bond motifs is 1. The molecule has 1 aromatic rings. The fourth-order valence-electron chi connectivity index (χ4n) is 3.46. The molecule has 1 aliphatic carbocycles. The number of likely N-dealkylation sites (tertiary alicyclic amines) is 1. The van der Waals surface area contributed by atoms with Crippen molar-refractivity contribution in [1.29, 1.82) is 0 Å². The standard InChI is InChI=1S/C16H20N2O4/c19-14-6-5-12-8-18(9-13(12)14)16(22)17-7-10-1-3-11(4-2-10)15(20)21/h1-4,12-14,19H,5-9H2,(H,17,22)(H,20,21). The number of aliphatic hydroxyl groups is 1. The zero-order valence-electron chi connectivity index (χ0n) is 12.2. The van der Waals surface area contributed by atoms with Crippen molar-refractivity contribution in [1.82, 2.24) is 10.2 Å². The molecule has 2 fully saturated rings. The third kappa shape index (κ3) is 2.92. The van der Waals surface area contributed by atoms with Crippen LogP contribution in [0.3, 0.4) is 0 Å². The molecule has 2 aliphatic rings. The van der Waals surface area contributed by atoms with Gasteiger partial charge in [-0.2, -0.15) is 0 Å². The van der Waals surface area contributed by atoms with Crippen LogP contribution in [0.2, 0.25) is 0 Å². The molecule has 22 heavy (non-hydrogen) atoms. The lowest BCUT2D eigenvalue weighted by Gasteiger charge is -2.19. The fraction of sp³-hybridized carbons (Fsp3) is 0.500. The molecule has 118 valence electrons. The number of nitrogens with zero attached hydrogens (tertiary/aromatic N) is 1. The first-order valence-corrected chi connectivity index (χ1v) is 7.57. The lowest BCUT2D eigenvalue weighted by atomic mass is 10.00. The van der Waals surface area contributed by atoms with Gasteiger partial charge in [-0.05, 0) is 36.5 Å². The number of hydrogen-bond acceptors (Lipinski definition) is 3. The van der Waals surface area contributed by atoms with E-state index in [0.717, 1.165) is 18.4 Å². The van der Waals surface area contributed by atoms with Gasteiger partial charge >= 0.3 is 12.0 Å². The first kappa shape index (κ1) is 14.8. The molecule has 0 radical (unpaired) electrons. The SMILES string of the molecule is O=C(O)c1ccc(CNC(=O)N2CC3CCC(O)C3C2)cc1. The number of hydrogen-bond donors (Lipinski definition) is 3. The molecular weight excluding hydrogens is 284 g/mol. The summed E-state index contributed by atoms with van der Waals surface area (Å²) in [7, 11) is 0. The number of benzene rings is 1. The number of amides is 2. The maximum absolute atomic E-state index is 12.2. The van der Waals surface area contributed by atoms with Gasteiger partial charge in [-0.15, -0.1) is 0 Å². The molecule has 1 aliphatic heterocycles. The Morgan fingerprint density at radius 3 is 2.55 bits per heavy atom. The van der Waals surface area contributed by atoms with Gasteiger partial charge in [0.25, 0.3) is 0 Å². The Labute approximate surface area is 128 Å². The van der Waals surface area contributed by atoms with Gasteiger partial charge in [-0.3, -0.25) is 0 Å². The number of carboxylic acids is 1. The molecule has 1 aromatic carbocycles. The van der Waals surface area contributed by atoms with Crippen molar-refractivity contribution in [3.8, 4) is 0 Å². The van der Waals surface area contributed by atoms with Crippen molar-refractivity contribution in [2.24, 2.45) is 11.8 Å². The summed E-state index contributed by atoms with van der Waals surface area (Å²) in [6, 6.07) is 6.34. The predicted octanol–water partition coefficient (Wildman–Crippen LogP) is 1.30. The largest absolute Gasteiger partial charge is 0.478 e. The molecule has 1 saturated carbocycles. The molecule has 3 rings (SSSR count). The molecule has 6 heteroatoms. The van der Waals surface area contributed by atoms with Crippen LogP contribution in [-0.2, 0) is 6.54 Å². The summed E-state index contributed by atoms with van der Waals surface area (Å²) >= 11 is 0. The summed E-state index contributed by atoms with van der Waals surface area (Å²) in [5, 5.41) is 21.6. The lowest BCUT2D eigenvalue weighted by molar-refractivity contribution is 0.0696. The van der Waals surface area contributed by atoms with E-state index in [2.05, 4.69) is 5.32 Å². The van der Waals surface area contributed by atoms with E-state index in [4.69, 9.17) is 5.11 Å². The Bertz CT molecular complexity index is 572. The minimum Gasteiger partial charge on any atom is -0.478 e. The monoisotopic (exact) mass is 304 g/mol. The van der Waals surface area contributed by atoms with E-state index in [1.807, 2.05) is 0 Å². The number of nitrogens with one attached hydrogen (secondary N) is 1. The highest BCUT2D eigenvalue weighted by atomic mass is 16.4. The van der Waals surface area contributed by atoms with Gasteiger partial charge in [0, 0.05) is 25.6 Å². The molecule has 1 saturated heterocycles. The predicted molar refractivity (Wildman–Crippen MR) is 79.4 cm³/mol. The van der Waals surface area contributed by atoms with Crippen molar-refractivity contribution in [2.75, 3.05) is 13.1 Å². The van der Waals surface area contributed by atoms with Gasteiger partial charge in [-0.25, -0.2) is 9.59 Å². The second kappa shape index (κ2) is 5.96. The molecule has 6 nitrogen and oxygen atoms in total. The number of aromatic carboxylic acids is 1. The van der Waals surface area contributed by atoms with Crippen molar-refractivity contribution < 1.29 is 19.8 Å². The van der Waals surface area contributed by atoms with Crippen LogP contribution >= 0.6 is 0 Å². The molecule has 3 atom stereocenters. The van der Waals surface area contributed by atoms with Gasteiger partial charge in [0.1, 0.15) is 0 Å². The van der Waals surface area contributed by atoms with Crippen LogP contribution in [0.1, 0.15) is 28.8 Å². The van der Waals surface area contributed by atoms with Crippen molar-refractivity contribution in [2.45, 2.75) is 25.5 Å². The minimum absolute atomic E-state index is 0.121. The summed E-state index contributed by atoms with van der Waals surface area (Å²) in [6.07, 6.45) is 1.57. The van der Waals surface area contributed by atoms with E-state index in [-0.39, 0.29) is 23.6 Å². The highest BCUT2D eigenvalue weighted by Gasteiger charge is 2.43. The van der Waals surface area contributed by atoms with E-state index >= 15 is 0 Å². The van der Waals surface area contributed by atoms with Crippen LogP contribution in [0, 0.1) is 11.8 Å². The average molecular weight is 304 g/mol. The summed E-state index contributed by atoms with van der Waals surface area (Å²) in [6.45, 7) is 1.70. The van der Waals surface area contributed by atoms with Crippen LogP contribution in [-0.4, -0.2) is 46.3 Å². The number of carboxylic acid groups (broad SMARTS) is 1. The lowest BCUT2D eigenvalue weighted by Crippen LogP contribution is -2.39. The second-order valence-electron chi connectivity index (χ2n) is 6.13. The van der Waals surface area contributed by atoms with Crippen molar-refractivity contribution in [3.05, 3.63) is 35.4 Å². The van der Waals surface area contributed by atoms with Crippen molar-refractivity contribution in [3.63, 3.8) is 0 Å². The Morgan fingerprint density at radius 1 is 1.18 bits per heavy atom. The zero-order chi connectivity index (χ0) is 15.7.